The highest BCUT2D eigenvalue weighted by atomic mass is 127. The number of hydrogen-bond acceptors (Lipinski definition) is 3. The van der Waals surface area contributed by atoms with Crippen LogP contribution in [0.2, 0.25) is 0 Å². The largest absolute Gasteiger partial charge is 0.497 e. The molecule has 1 heterocycles. The number of aliphatic imine (C=N–C) groups is 1. The number of anilines is 2. The summed E-state index contributed by atoms with van der Waals surface area (Å²) in [6.07, 6.45) is 2.55. The monoisotopic (exact) mass is 480 g/mol. The Morgan fingerprint density at radius 1 is 1.11 bits per heavy atom. The number of hydrogen-bond donors (Lipinski definition) is 2. The molecule has 0 bridgehead atoms. The Morgan fingerprint density at radius 2 is 1.74 bits per heavy atom. The second-order valence-electron chi connectivity index (χ2n) is 6.89. The molecule has 0 atom stereocenters. The van der Waals surface area contributed by atoms with Crippen LogP contribution in [0.4, 0.5) is 11.4 Å². The predicted octanol–water partition coefficient (Wildman–Crippen LogP) is 4.48. The average Bonchev–Trinajstić information content (AvgIpc) is 2.68. The van der Waals surface area contributed by atoms with E-state index in [4.69, 9.17) is 10.5 Å². The fourth-order valence-corrected chi connectivity index (χ4v) is 3.12. The Bertz CT molecular complexity index is 723. The fraction of sp³-hybridized carbons (Fsp3) is 0.381. The summed E-state index contributed by atoms with van der Waals surface area (Å²) in [5, 5.41) is 3.09. The number of nitrogens with two attached hydrogens (primary N) is 1. The molecule has 3 rings (SSSR count). The third-order valence-electron chi connectivity index (χ3n) is 4.88. The minimum Gasteiger partial charge on any atom is -0.497 e. The van der Waals surface area contributed by atoms with Gasteiger partial charge in [-0.25, -0.2) is 4.99 Å². The molecule has 1 fully saturated rings. The number of benzene rings is 2. The van der Waals surface area contributed by atoms with Gasteiger partial charge in [-0.2, -0.15) is 0 Å². The van der Waals surface area contributed by atoms with Gasteiger partial charge in [-0.1, -0.05) is 19.1 Å². The molecule has 1 aliphatic heterocycles. The van der Waals surface area contributed by atoms with Crippen molar-refractivity contribution < 1.29 is 4.74 Å². The lowest BCUT2D eigenvalue weighted by atomic mass is 9.99. The summed E-state index contributed by atoms with van der Waals surface area (Å²) in [5.41, 5.74) is 9.33. The van der Waals surface area contributed by atoms with Gasteiger partial charge in [-0.15, -0.1) is 24.0 Å². The van der Waals surface area contributed by atoms with Crippen LogP contribution >= 0.6 is 24.0 Å². The van der Waals surface area contributed by atoms with E-state index in [1.807, 2.05) is 24.3 Å². The van der Waals surface area contributed by atoms with E-state index in [-0.39, 0.29) is 24.0 Å². The quantitative estimate of drug-likeness (QED) is 0.377. The number of guanidine groups is 1. The Hall–Kier alpha value is -1.96. The molecule has 5 nitrogen and oxygen atoms in total. The van der Waals surface area contributed by atoms with Crippen molar-refractivity contribution in [3.05, 3.63) is 54.1 Å². The maximum atomic E-state index is 5.98. The van der Waals surface area contributed by atoms with Gasteiger partial charge in [0.1, 0.15) is 5.75 Å². The van der Waals surface area contributed by atoms with Gasteiger partial charge in [0.25, 0.3) is 0 Å². The summed E-state index contributed by atoms with van der Waals surface area (Å²) < 4.78 is 5.15. The molecule has 3 N–H and O–H groups in total. The van der Waals surface area contributed by atoms with Gasteiger partial charge in [0, 0.05) is 24.5 Å². The molecule has 0 spiro atoms. The van der Waals surface area contributed by atoms with Crippen LogP contribution in [-0.2, 0) is 6.54 Å². The van der Waals surface area contributed by atoms with Crippen molar-refractivity contribution in [3.63, 3.8) is 0 Å². The van der Waals surface area contributed by atoms with Crippen molar-refractivity contribution in [1.82, 2.24) is 0 Å². The highest BCUT2D eigenvalue weighted by Gasteiger charge is 2.15. The van der Waals surface area contributed by atoms with Crippen LogP contribution in [0, 0.1) is 5.92 Å². The van der Waals surface area contributed by atoms with Crippen LogP contribution in [0.15, 0.2) is 53.5 Å². The van der Waals surface area contributed by atoms with Gasteiger partial charge < -0.3 is 20.7 Å². The van der Waals surface area contributed by atoms with Crippen molar-refractivity contribution >= 4 is 41.3 Å². The van der Waals surface area contributed by atoms with Gasteiger partial charge in [-0.05, 0) is 60.7 Å². The zero-order valence-corrected chi connectivity index (χ0v) is 18.4. The molecule has 6 heteroatoms. The maximum absolute atomic E-state index is 5.98. The van der Waals surface area contributed by atoms with E-state index in [9.17, 15) is 0 Å². The van der Waals surface area contributed by atoms with Gasteiger partial charge in [0.05, 0.1) is 13.7 Å². The first-order chi connectivity index (χ1) is 12.6. The number of nitrogens with zero attached hydrogens (tertiary/aromatic N) is 2. The van der Waals surface area contributed by atoms with Crippen LogP contribution in [-0.4, -0.2) is 26.2 Å². The molecule has 146 valence electrons. The summed E-state index contributed by atoms with van der Waals surface area (Å²) in [6.45, 7) is 5.20. The van der Waals surface area contributed by atoms with Crippen LogP contribution in [0.1, 0.15) is 25.3 Å². The van der Waals surface area contributed by atoms with E-state index in [0.717, 1.165) is 36.0 Å². The fourth-order valence-electron chi connectivity index (χ4n) is 3.12. The molecule has 2 aromatic rings. The zero-order valence-electron chi connectivity index (χ0n) is 16.0. The maximum Gasteiger partial charge on any atom is 0.193 e. The standard InChI is InChI=1S/C21H28N4O.HI/c1-16-11-13-25(14-12-16)19-7-3-17(4-8-19)15-23-21(22)24-18-5-9-20(26-2)10-6-18;/h3-10,16H,11-15H2,1-2H3,(H3,22,23,24);1H. The van der Waals surface area contributed by atoms with Crippen molar-refractivity contribution in [1.29, 1.82) is 0 Å². The Kier molecular flexibility index (Phi) is 8.22. The summed E-state index contributed by atoms with van der Waals surface area (Å²) in [4.78, 5) is 6.89. The number of halogens is 1. The first-order valence-electron chi connectivity index (χ1n) is 9.19. The third-order valence-corrected chi connectivity index (χ3v) is 4.88. The summed E-state index contributed by atoms with van der Waals surface area (Å²) in [6, 6.07) is 16.2. The van der Waals surface area contributed by atoms with Crippen LogP contribution < -0.4 is 20.7 Å². The van der Waals surface area contributed by atoms with Crippen LogP contribution in [0.3, 0.4) is 0 Å². The highest BCUT2D eigenvalue weighted by Crippen LogP contribution is 2.23. The van der Waals surface area contributed by atoms with Crippen molar-refractivity contribution in [2.24, 2.45) is 16.6 Å². The number of piperidine rings is 1. The van der Waals surface area contributed by atoms with Gasteiger partial charge in [-0.3, -0.25) is 0 Å². The van der Waals surface area contributed by atoms with E-state index in [2.05, 4.69) is 46.4 Å². The Labute approximate surface area is 179 Å². The smallest absolute Gasteiger partial charge is 0.193 e. The minimum atomic E-state index is 0. The SMILES string of the molecule is COc1ccc(NC(N)=NCc2ccc(N3CCC(C)CC3)cc2)cc1.I. The number of methoxy groups -OCH3 is 1. The highest BCUT2D eigenvalue weighted by molar-refractivity contribution is 14.0. The van der Waals surface area contributed by atoms with E-state index in [0.29, 0.717) is 12.5 Å². The van der Waals surface area contributed by atoms with Gasteiger partial charge >= 0.3 is 0 Å². The molecule has 0 amide bonds. The van der Waals surface area contributed by atoms with Crippen molar-refractivity contribution in [2.45, 2.75) is 26.3 Å². The molecular formula is C21H29IN4O. The van der Waals surface area contributed by atoms with E-state index < -0.39 is 0 Å². The Morgan fingerprint density at radius 3 is 2.33 bits per heavy atom. The lowest BCUT2D eigenvalue weighted by Crippen LogP contribution is -2.32. The topological polar surface area (TPSA) is 62.9 Å². The number of ether oxygens (including phenoxy) is 1. The molecule has 0 saturated carbocycles. The molecule has 1 aliphatic rings. The molecule has 0 radical (unpaired) electrons. The normalized spacial score (nSPS) is 15.2. The van der Waals surface area contributed by atoms with Crippen molar-refractivity contribution in [2.75, 3.05) is 30.4 Å². The molecule has 0 aromatic heterocycles. The summed E-state index contributed by atoms with van der Waals surface area (Å²) in [5.74, 6) is 2.07. The minimum absolute atomic E-state index is 0. The van der Waals surface area contributed by atoms with Crippen LogP contribution in [0.25, 0.3) is 0 Å². The predicted molar refractivity (Wildman–Crippen MR) is 124 cm³/mol. The lowest BCUT2D eigenvalue weighted by Gasteiger charge is -2.32. The Balaban J connectivity index is 0.00000261. The van der Waals surface area contributed by atoms with Crippen molar-refractivity contribution in [3.8, 4) is 5.75 Å². The first kappa shape index (κ1) is 21.3. The molecule has 0 aliphatic carbocycles. The first-order valence-corrected chi connectivity index (χ1v) is 9.19. The van der Waals surface area contributed by atoms with Gasteiger partial charge in [0.2, 0.25) is 0 Å². The third kappa shape index (κ3) is 6.30. The second-order valence-corrected chi connectivity index (χ2v) is 6.89. The lowest BCUT2D eigenvalue weighted by molar-refractivity contribution is 0.415. The second kappa shape index (κ2) is 10.4. The molecule has 0 unspecified atom stereocenters. The molecular weight excluding hydrogens is 451 g/mol. The van der Waals surface area contributed by atoms with Gasteiger partial charge in [0.15, 0.2) is 5.96 Å². The number of nitrogens with one attached hydrogen (secondary N) is 1. The summed E-state index contributed by atoms with van der Waals surface area (Å²) >= 11 is 0. The zero-order chi connectivity index (χ0) is 18.4. The van der Waals surface area contributed by atoms with E-state index >= 15 is 0 Å². The van der Waals surface area contributed by atoms with E-state index in [1.165, 1.54) is 18.5 Å². The van der Waals surface area contributed by atoms with Crippen LogP contribution in [0.5, 0.6) is 5.75 Å². The van der Waals surface area contributed by atoms with E-state index in [1.54, 1.807) is 7.11 Å². The molecule has 27 heavy (non-hydrogen) atoms. The average molecular weight is 480 g/mol. The molecule has 1 saturated heterocycles. The number of rotatable bonds is 5. The molecule has 2 aromatic carbocycles. The summed E-state index contributed by atoms with van der Waals surface area (Å²) in [7, 11) is 1.65.